The summed E-state index contributed by atoms with van der Waals surface area (Å²) in [5.41, 5.74) is 2.91. The van der Waals surface area contributed by atoms with Crippen LogP contribution in [0.4, 0.5) is 0 Å². The maximum absolute atomic E-state index is 3.65. The normalized spacial score (nSPS) is 14.3. The average Bonchev–Trinajstić information content (AvgIpc) is 2.15. The standard InChI is InChI=1S/C13H20BrN/c1-13(2,3)11-8-6-10(7-9-11)12(14)15(4)5/h6-9,12H,1-5H3. The lowest BCUT2D eigenvalue weighted by Crippen LogP contribution is -2.15. The van der Waals surface area contributed by atoms with Gasteiger partial charge in [0, 0.05) is 0 Å². The van der Waals surface area contributed by atoms with Gasteiger partial charge in [0.25, 0.3) is 0 Å². The van der Waals surface area contributed by atoms with Crippen LogP contribution in [0.5, 0.6) is 0 Å². The number of halogens is 1. The fourth-order valence-electron chi connectivity index (χ4n) is 1.44. The topological polar surface area (TPSA) is 3.24 Å². The molecule has 0 aliphatic heterocycles. The summed E-state index contributed by atoms with van der Waals surface area (Å²) in [6.45, 7) is 6.71. The fourth-order valence-corrected chi connectivity index (χ4v) is 1.75. The van der Waals surface area contributed by atoms with Gasteiger partial charge in [-0.2, -0.15) is 0 Å². The van der Waals surface area contributed by atoms with Gasteiger partial charge in [0.05, 0.1) is 4.95 Å². The Morgan fingerprint density at radius 3 is 1.87 bits per heavy atom. The van der Waals surface area contributed by atoms with Gasteiger partial charge in [-0.05, 0) is 30.6 Å². The van der Waals surface area contributed by atoms with E-state index in [1.807, 2.05) is 0 Å². The first-order valence-corrected chi connectivity index (χ1v) is 6.15. The van der Waals surface area contributed by atoms with Gasteiger partial charge in [-0.3, -0.25) is 4.90 Å². The molecule has 1 aromatic rings. The minimum Gasteiger partial charge on any atom is -0.293 e. The lowest BCUT2D eigenvalue weighted by atomic mass is 9.87. The molecule has 0 amide bonds. The van der Waals surface area contributed by atoms with Gasteiger partial charge >= 0.3 is 0 Å². The lowest BCUT2D eigenvalue weighted by Gasteiger charge is -2.22. The molecule has 0 saturated carbocycles. The van der Waals surface area contributed by atoms with Gasteiger partial charge in [-0.15, -0.1) is 0 Å². The van der Waals surface area contributed by atoms with Crippen LogP contribution >= 0.6 is 15.9 Å². The van der Waals surface area contributed by atoms with E-state index in [-0.39, 0.29) is 5.41 Å². The third-order valence-corrected chi connectivity index (χ3v) is 3.85. The predicted octanol–water partition coefficient (Wildman–Crippen LogP) is 3.94. The smallest absolute Gasteiger partial charge is 0.0906 e. The molecule has 0 N–H and O–H groups in total. The van der Waals surface area contributed by atoms with E-state index in [1.54, 1.807) is 0 Å². The van der Waals surface area contributed by atoms with Crippen LogP contribution in [0.25, 0.3) is 0 Å². The van der Waals surface area contributed by atoms with E-state index < -0.39 is 0 Å². The van der Waals surface area contributed by atoms with Crippen LogP contribution in [0.15, 0.2) is 24.3 Å². The van der Waals surface area contributed by atoms with Gasteiger partial charge in [-0.25, -0.2) is 0 Å². The summed E-state index contributed by atoms with van der Waals surface area (Å²) >= 11 is 3.65. The molecule has 0 aromatic heterocycles. The third-order valence-electron chi connectivity index (χ3n) is 2.51. The molecule has 1 unspecified atom stereocenters. The van der Waals surface area contributed by atoms with E-state index in [0.29, 0.717) is 4.95 Å². The molecule has 15 heavy (non-hydrogen) atoms. The van der Waals surface area contributed by atoms with E-state index in [9.17, 15) is 0 Å². The van der Waals surface area contributed by atoms with Gasteiger partial charge in [0.15, 0.2) is 0 Å². The van der Waals surface area contributed by atoms with Gasteiger partial charge in [0.1, 0.15) is 0 Å². The first-order valence-electron chi connectivity index (χ1n) is 5.23. The number of alkyl halides is 1. The summed E-state index contributed by atoms with van der Waals surface area (Å²) in [6.07, 6.45) is 0. The second kappa shape index (κ2) is 4.67. The van der Waals surface area contributed by atoms with Crippen molar-refractivity contribution in [1.29, 1.82) is 0 Å². The van der Waals surface area contributed by atoms with Crippen molar-refractivity contribution in [2.45, 2.75) is 31.1 Å². The molecule has 0 bridgehead atoms. The number of hydrogen-bond donors (Lipinski definition) is 0. The van der Waals surface area contributed by atoms with E-state index in [2.05, 4.69) is 80.0 Å². The molecule has 0 radical (unpaired) electrons. The van der Waals surface area contributed by atoms with Crippen LogP contribution in [0.1, 0.15) is 36.8 Å². The highest BCUT2D eigenvalue weighted by Crippen LogP contribution is 2.28. The molecular weight excluding hydrogens is 250 g/mol. The van der Waals surface area contributed by atoms with E-state index >= 15 is 0 Å². The van der Waals surface area contributed by atoms with Crippen molar-refractivity contribution < 1.29 is 0 Å². The Labute approximate surface area is 102 Å². The largest absolute Gasteiger partial charge is 0.293 e. The van der Waals surface area contributed by atoms with Gasteiger partial charge < -0.3 is 0 Å². The summed E-state index contributed by atoms with van der Waals surface area (Å²) in [5, 5.41) is 0. The molecule has 1 rings (SSSR count). The molecule has 0 aliphatic carbocycles. The van der Waals surface area contributed by atoms with Crippen molar-refractivity contribution in [3.8, 4) is 0 Å². The van der Waals surface area contributed by atoms with Crippen molar-refractivity contribution in [1.82, 2.24) is 4.90 Å². The van der Waals surface area contributed by atoms with E-state index in [0.717, 1.165) is 0 Å². The zero-order valence-corrected chi connectivity index (χ0v) is 11.8. The van der Waals surface area contributed by atoms with Crippen LogP contribution in [0.3, 0.4) is 0 Å². The minimum atomic E-state index is 0.235. The average molecular weight is 270 g/mol. The monoisotopic (exact) mass is 269 g/mol. The molecule has 0 aliphatic rings. The van der Waals surface area contributed by atoms with Gasteiger partial charge in [-0.1, -0.05) is 61.0 Å². The molecular formula is C13H20BrN. The maximum Gasteiger partial charge on any atom is 0.0906 e. The Kier molecular flexibility index (Phi) is 3.96. The third kappa shape index (κ3) is 3.32. The van der Waals surface area contributed by atoms with Crippen LogP contribution in [0, 0.1) is 0 Å². The number of rotatable bonds is 2. The maximum atomic E-state index is 3.65. The minimum absolute atomic E-state index is 0.235. The second-order valence-electron chi connectivity index (χ2n) is 5.17. The van der Waals surface area contributed by atoms with Gasteiger partial charge in [0.2, 0.25) is 0 Å². The zero-order valence-electron chi connectivity index (χ0n) is 10.2. The van der Waals surface area contributed by atoms with Crippen molar-refractivity contribution in [2.75, 3.05) is 14.1 Å². The lowest BCUT2D eigenvalue weighted by molar-refractivity contribution is 0.398. The SMILES string of the molecule is CN(C)C(Br)c1ccc(C(C)(C)C)cc1. The summed E-state index contributed by atoms with van der Waals surface area (Å²) < 4.78 is 0. The van der Waals surface area contributed by atoms with E-state index in [4.69, 9.17) is 0 Å². The molecule has 0 saturated heterocycles. The van der Waals surface area contributed by atoms with Crippen LogP contribution in [0.2, 0.25) is 0 Å². The molecule has 0 fully saturated rings. The Bertz CT molecular complexity index is 308. The van der Waals surface area contributed by atoms with Crippen molar-refractivity contribution >= 4 is 15.9 Å². The summed E-state index contributed by atoms with van der Waals surface area (Å²) in [4.78, 5) is 2.44. The molecule has 0 spiro atoms. The van der Waals surface area contributed by atoms with E-state index in [1.165, 1.54) is 11.1 Å². The number of benzene rings is 1. The Hall–Kier alpha value is -0.340. The second-order valence-corrected chi connectivity index (χ2v) is 6.04. The van der Waals surface area contributed by atoms with Crippen molar-refractivity contribution in [3.05, 3.63) is 35.4 Å². The van der Waals surface area contributed by atoms with Crippen molar-refractivity contribution in [3.63, 3.8) is 0 Å². The highest BCUT2D eigenvalue weighted by molar-refractivity contribution is 9.09. The van der Waals surface area contributed by atoms with Crippen LogP contribution < -0.4 is 0 Å². The Morgan fingerprint density at radius 2 is 1.53 bits per heavy atom. The molecule has 1 nitrogen and oxygen atoms in total. The zero-order chi connectivity index (χ0) is 11.6. The molecule has 1 atom stereocenters. The predicted molar refractivity (Wildman–Crippen MR) is 70.5 cm³/mol. The summed E-state index contributed by atoms with van der Waals surface area (Å²) in [6, 6.07) is 8.82. The molecule has 1 aromatic carbocycles. The van der Waals surface area contributed by atoms with Crippen LogP contribution in [-0.4, -0.2) is 19.0 Å². The molecule has 84 valence electrons. The van der Waals surface area contributed by atoms with Crippen LogP contribution in [-0.2, 0) is 5.41 Å². The number of hydrogen-bond acceptors (Lipinski definition) is 1. The quantitative estimate of drug-likeness (QED) is 0.581. The summed E-state index contributed by atoms with van der Waals surface area (Å²) in [5.74, 6) is 0. The fraction of sp³-hybridized carbons (Fsp3) is 0.538. The number of nitrogens with zero attached hydrogens (tertiary/aromatic N) is 1. The first-order chi connectivity index (χ1) is 6.82. The Morgan fingerprint density at radius 1 is 1.07 bits per heavy atom. The molecule has 2 heteroatoms. The Balaban J connectivity index is 2.91. The molecule has 0 heterocycles. The highest BCUT2D eigenvalue weighted by Gasteiger charge is 2.14. The first kappa shape index (κ1) is 12.7. The highest BCUT2D eigenvalue weighted by atomic mass is 79.9. The summed E-state index contributed by atoms with van der Waals surface area (Å²) in [7, 11) is 4.13. The van der Waals surface area contributed by atoms with Crippen molar-refractivity contribution in [2.24, 2.45) is 0 Å².